The lowest BCUT2D eigenvalue weighted by molar-refractivity contribution is 0.628. The standard InChI is InChI=1S/C14H9FN2/c15-13-4-1-10(2-5-13)11-3-6-14-12(9-11)7-8-16-17-14/h1-9H. The lowest BCUT2D eigenvalue weighted by atomic mass is 10.0. The van der Waals surface area contributed by atoms with Crippen LogP contribution in [0.15, 0.2) is 54.7 Å². The molecule has 0 fully saturated rings. The number of halogens is 1. The molecule has 0 amide bonds. The Morgan fingerprint density at radius 1 is 0.824 bits per heavy atom. The topological polar surface area (TPSA) is 25.8 Å². The first-order valence-corrected chi connectivity index (χ1v) is 5.30. The highest BCUT2D eigenvalue weighted by Crippen LogP contribution is 2.23. The van der Waals surface area contributed by atoms with Gasteiger partial charge in [-0.15, -0.1) is 0 Å². The predicted molar refractivity (Wildman–Crippen MR) is 64.9 cm³/mol. The number of rotatable bonds is 1. The molecule has 0 spiro atoms. The van der Waals surface area contributed by atoms with Crippen LogP contribution in [0.3, 0.4) is 0 Å². The third kappa shape index (κ3) is 1.87. The molecule has 0 radical (unpaired) electrons. The van der Waals surface area contributed by atoms with Gasteiger partial charge in [-0.1, -0.05) is 18.2 Å². The molecule has 2 aromatic carbocycles. The molecule has 3 rings (SSSR count). The van der Waals surface area contributed by atoms with E-state index < -0.39 is 0 Å². The van der Waals surface area contributed by atoms with Gasteiger partial charge in [-0.2, -0.15) is 10.2 Å². The minimum atomic E-state index is -0.222. The van der Waals surface area contributed by atoms with Crippen molar-refractivity contribution in [2.45, 2.75) is 0 Å². The van der Waals surface area contributed by atoms with Gasteiger partial charge in [0.1, 0.15) is 5.82 Å². The Hall–Kier alpha value is -2.29. The molecule has 0 aliphatic carbocycles. The van der Waals surface area contributed by atoms with Crippen LogP contribution >= 0.6 is 0 Å². The molecule has 1 heterocycles. The summed E-state index contributed by atoms with van der Waals surface area (Å²) in [4.78, 5) is 0. The predicted octanol–water partition coefficient (Wildman–Crippen LogP) is 3.44. The van der Waals surface area contributed by atoms with E-state index in [0.717, 1.165) is 22.0 Å². The maximum absolute atomic E-state index is 12.8. The second-order valence-corrected chi connectivity index (χ2v) is 3.81. The summed E-state index contributed by atoms with van der Waals surface area (Å²) in [6.45, 7) is 0. The van der Waals surface area contributed by atoms with Gasteiger partial charge in [-0.25, -0.2) is 4.39 Å². The van der Waals surface area contributed by atoms with Gasteiger partial charge in [-0.05, 0) is 41.5 Å². The summed E-state index contributed by atoms with van der Waals surface area (Å²) in [5.41, 5.74) is 2.90. The maximum Gasteiger partial charge on any atom is 0.123 e. The zero-order valence-corrected chi connectivity index (χ0v) is 8.97. The van der Waals surface area contributed by atoms with Gasteiger partial charge in [-0.3, -0.25) is 0 Å². The molecule has 17 heavy (non-hydrogen) atoms. The van der Waals surface area contributed by atoms with Crippen LogP contribution in [0, 0.1) is 5.82 Å². The highest BCUT2D eigenvalue weighted by atomic mass is 19.1. The summed E-state index contributed by atoms with van der Waals surface area (Å²) in [5.74, 6) is -0.222. The van der Waals surface area contributed by atoms with E-state index in [1.165, 1.54) is 12.1 Å². The van der Waals surface area contributed by atoms with Crippen molar-refractivity contribution < 1.29 is 4.39 Å². The van der Waals surface area contributed by atoms with Gasteiger partial charge in [0.15, 0.2) is 0 Å². The number of nitrogens with zero attached hydrogens (tertiary/aromatic N) is 2. The SMILES string of the molecule is Fc1ccc(-c2ccc3nnccc3c2)cc1. The van der Waals surface area contributed by atoms with Crippen LogP contribution in [0.25, 0.3) is 22.0 Å². The van der Waals surface area contributed by atoms with Crippen LogP contribution in [0.5, 0.6) is 0 Å². The van der Waals surface area contributed by atoms with E-state index in [1.54, 1.807) is 18.3 Å². The maximum atomic E-state index is 12.8. The number of aromatic nitrogens is 2. The molecule has 2 nitrogen and oxygen atoms in total. The van der Waals surface area contributed by atoms with E-state index in [2.05, 4.69) is 10.2 Å². The largest absolute Gasteiger partial charge is 0.207 e. The Kier molecular flexibility index (Phi) is 2.29. The number of hydrogen-bond acceptors (Lipinski definition) is 2. The monoisotopic (exact) mass is 224 g/mol. The fourth-order valence-corrected chi connectivity index (χ4v) is 1.81. The van der Waals surface area contributed by atoms with Gasteiger partial charge >= 0.3 is 0 Å². The summed E-state index contributed by atoms with van der Waals surface area (Å²) in [5, 5.41) is 8.88. The molecular formula is C14H9FN2. The molecule has 3 aromatic rings. The average Bonchev–Trinajstić information content (AvgIpc) is 2.39. The van der Waals surface area contributed by atoms with E-state index in [4.69, 9.17) is 0 Å². The van der Waals surface area contributed by atoms with Gasteiger partial charge in [0.25, 0.3) is 0 Å². The molecule has 0 bridgehead atoms. The van der Waals surface area contributed by atoms with Crippen LogP contribution in [0.1, 0.15) is 0 Å². The van der Waals surface area contributed by atoms with Gasteiger partial charge in [0.2, 0.25) is 0 Å². The normalized spacial score (nSPS) is 10.6. The fourth-order valence-electron chi connectivity index (χ4n) is 1.81. The Bertz CT molecular complexity index is 662. The van der Waals surface area contributed by atoms with Gasteiger partial charge in [0, 0.05) is 5.39 Å². The van der Waals surface area contributed by atoms with Crippen molar-refractivity contribution in [2.75, 3.05) is 0 Å². The molecule has 3 heteroatoms. The Morgan fingerprint density at radius 2 is 1.59 bits per heavy atom. The third-order valence-corrected chi connectivity index (χ3v) is 2.69. The van der Waals surface area contributed by atoms with Crippen LogP contribution in [0.2, 0.25) is 0 Å². The first-order chi connectivity index (χ1) is 8.33. The lowest BCUT2D eigenvalue weighted by Crippen LogP contribution is -1.84. The van der Waals surface area contributed by atoms with Crippen molar-refractivity contribution in [2.24, 2.45) is 0 Å². The van der Waals surface area contributed by atoms with Crippen LogP contribution < -0.4 is 0 Å². The second kappa shape index (κ2) is 3.94. The van der Waals surface area contributed by atoms with Crippen LogP contribution in [-0.4, -0.2) is 10.2 Å². The first kappa shape index (κ1) is 9.90. The highest BCUT2D eigenvalue weighted by Gasteiger charge is 2.00. The van der Waals surface area contributed by atoms with Crippen molar-refractivity contribution in [1.82, 2.24) is 10.2 Å². The molecule has 0 N–H and O–H groups in total. The smallest absolute Gasteiger partial charge is 0.123 e. The Morgan fingerprint density at radius 3 is 2.41 bits per heavy atom. The van der Waals surface area contributed by atoms with Crippen molar-refractivity contribution in [3.63, 3.8) is 0 Å². The minimum absolute atomic E-state index is 0.222. The van der Waals surface area contributed by atoms with E-state index in [9.17, 15) is 4.39 Å². The second-order valence-electron chi connectivity index (χ2n) is 3.81. The van der Waals surface area contributed by atoms with E-state index in [1.807, 2.05) is 24.3 Å². The first-order valence-electron chi connectivity index (χ1n) is 5.30. The number of fused-ring (bicyclic) bond motifs is 1. The molecule has 0 saturated heterocycles. The number of hydrogen-bond donors (Lipinski definition) is 0. The summed E-state index contributed by atoms with van der Waals surface area (Å²) in [7, 11) is 0. The third-order valence-electron chi connectivity index (χ3n) is 2.69. The molecule has 0 atom stereocenters. The quantitative estimate of drug-likeness (QED) is 0.632. The Balaban J connectivity index is 2.14. The molecule has 0 aliphatic heterocycles. The molecule has 1 aromatic heterocycles. The minimum Gasteiger partial charge on any atom is -0.207 e. The van der Waals surface area contributed by atoms with Gasteiger partial charge in [0.05, 0.1) is 11.7 Å². The summed E-state index contributed by atoms with van der Waals surface area (Å²) in [6.07, 6.45) is 1.66. The van der Waals surface area contributed by atoms with Crippen LogP contribution in [-0.2, 0) is 0 Å². The van der Waals surface area contributed by atoms with E-state index in [0.29, 0.717) is 0 Å². The zero-order valence-electron chi connectivity index (χ0n) is 8.97. The van der Waals surface area contributed by atoms with Crippen molar-refractivity contribution in [1.29, 1.82) is 0 Å². The zero-order chi connectivity index (χ0) is 11.7. The van der Waals surface area contributed by atoms with Crippen molar-refractivity contribution in [3.05, 3.63) is 60.5 Å². The molecule has 0 saturated carbocycles. The highest BCUT2D eigenvalue weighted by molar-refractivity contribution is 5.83. The van der Waals surface area contributed by atoms with Crippen molar-refractivity contribution >= 4 is 10.9 Å². The molecule has 0 aliphatic rings. The lowest BCUT2D eigenvalue weighted by Gasteiger charge is -2.03. The van der Waals surface area contributed by atoms with Crippen LogP contribution in [0.4, 0.5) is 4.39 Å². The summed E-state index contributed by atoms with van der Waals surface area (Å²) in [6, 6.07) is 14.3. The van der Waals surface area contributed by atoms with E-state index in [-0.39, 0.29) is 5.82 Å². The molecule has 82 valence electrons. The molecular weight excluding hydrogens is 215 g/mol. The fraction of sp³-hybridized carbons (Fsp3) is 0. The summed E-state index contributed by atoms with van der Waals surface area (Å²) >= 11 is 0. The summed E-state index contributed by atoms with van der Waals surface area (Å²) < 4.78 is 12.8. The van der Waals surface area contributed by atoms with Gasteiger partial charge < -0.3 is 0 Å². The molecule has 0 unspecified atom stereocenters. The average molecular weight is 224 g/mol. The number of benzene rings is 2. The van der Waals surface area contributed by atoms with Crippen molar-refractivity contribution in [3.8, 4) is 11.1 Å². The van der Waals surface area contributed by atoms with E-state index >= 15 is 0 Å². The Labute approximate surface area is 97.7 Å².